The van der Waals surface area contributed by atoms with E-state index in [0.29, 0.717) is 19.8 Å². The molecule has 1 aliphatic rings. The summed E-state index contributed by atoms with van der Waals surface area (Å²) in [4.78, 5) is 14.8. The van der Waals surface area contributed by atoms with Crippen LogP contribution < -0.4 is 10.1 Å². The first-order valence-corrected chi connectivity index (χ1v) is 8.63. The molecule has 2 aromatic carbocycles. The van der Waals surface area contributed by atoms with E-state index in [4.69, 9.17) is 9.47 Å². The van der Waals surface area contributed by atoms with E-state index in [-0.39, 0.29) is 12.1 Å². The highest BCUT2D eigenvalue weighted by Crippen LogP contribution is 2.33. The van der Waals surface area contributed by atoms with Crippen LogP contribution in [0.1, 0.15) is 35.4 Å². The molecule has 1 heterocycles. The van der Waals surface area contributed by atoms with Gasteiger partial charge in [0.1, 0.15) is 18.5 Å². The lowest BCUT2D eigenvalue weighted by Crippen LogP contribution is -2.43. The fourth-order valence-electron chi connectivity index (χ4n) is 3.02. The summed E-state index contributed by atoms with van der Waals surface area (Å²) in [7, 11) is 1.65. The third kappa shape index (κ3) is 3.77. The van der Waals surface area contributed by atoms with Crippen LogP contribution in [0.2, 0.25) is 0 Å². The molecule has 3 rings (SSSR count). The van der Waals surface area contributed by atoms with E-state index in [9.17, 15) is 4.79 Å². The van der Waals surface area contributed by atoms with Crippen molar-refractivity contribution in [3.8, 4) is 5.75 Å². The maximum absolute atomic E-state index is 12.9. The van der Waals surface area contributed by atoms with Gasteiger partial charge in [-0.25, -0.2) is 0 Å². The summed E-state index contributed by atoms with van der Waals surface area (Å²) in [6.07, 6.45) is 0.736. The number of fused-ring (bicyclic) bond motifs is 1. The normalized spacial score (nSPS) is 16.3. The molecule has 0 aromatic heterocycles. The summed E-state index contributed by atoms with van der Waals surface area (Å²) in [6.45, 7) is 3.86. The fourth-order valence-corrected chi connectivity index (χ4v) is 3.02. The quantitative estimate of drug-likeness (QED) is 0.781. The van der Waals surface area contributed by atoms with Gasteiger partial charge in [-0.2, -0.15) is 0 Å². The Labute approximate surface area is 148 Å². The van der Waals surface area contributed by atoms with Crippen LogP contribution in [0.4, 0.5) is 5.69 Å². The SMILES string of the molecule is CCCN1C(=O)c2ccccc2NC1c1ccc(OCCOC)cc1. The summed E-state index contributed by atoms with van der Waals surface area (Å²) < 4.78 is 10.6. The van der Waals surface area contributed by atoms with Gasteiger partial charge in [-0.3, -0.25) is 4.79 Å². The van der Waals surface area contributed by atoms with E-state index >= 15 is 0 Å². The highest BCUT2D eigenvalue weighted by Gasteiger charge is 2.31. The number of para-hydroxylation sites is 1. The Balaban J connectivity index is 1.83. The second-order valence-corrected chi connectivity index (χ2v) is 6.00. The van der Waals surface area contributed by atoms with Gasteiger partial charge in [0.2, 0.25) is 0 Å². The number of hydrogen-bond acceptors (Lipinski definition) is 4. The van der Waals surface area contributed by atoms with Crippen molar-refractivity contribution in [1.82, 2.24) is 4.90 Å². The van der Waals surface area contributed by atoms with Crippen LogP contribution in [0.5, 0.6) is 5.75 Å². The molecular formula is C20H24N2O3. The standard InChI is InChI=1S/C20H24N2O3/c1-3-12-22-19(21-18-7-5-4-6-17(18)20(22)23)15-8-10-16(11-9-15)25-14-13-24-2/h4-11,19,21H,3,12-14H2,1-2H3. The van der Waals surface area contributed by atoms with Gasteiger partial charge < -0.3 is 19.7 Å². The van der Waals surface area contributed by atoms with Crippen molar-refractivity contribution in [3.05, 3.63) is 59.7 Å². The predicted molar refractivity (Wildman–Crippen MR) is 97.9 cm³/mol. The van der Waals surface area contributed by atoms with E-state index in [1.807, 2.05) is 53.4 Å². The van der Waals surface area contributed by atoms with Crippen LogP contribution in [0.3, 0.4) is 0 Å². The summed E-state index contributed by atoms with van der Waals surface area (Å²) in [5.74, 6) is 0.868. The smallest absolute Gasteiger partial charge is 0.257 e. The molecule has 0 aliphatic carbocycles. The molecule has 1 N–H and O–H groups in total. The van der Waals surface area contributed by atoms with Gasteiger partial charge in [-0.05, 0) is 36.2 Å². The molecule has 1 aliphatic heterocycles. The molecule has 1 amide bonds. The Kier molecular flexibility index (Phi) is 5.56. The summed E-state index contributed by atoms with van der Waals surface area (Å²) in [5, 5.41) is 3.49. The second kappa shape index (κ2) is 8.03. The van der Waals surface area contributed by atoms with E-state index < -0.39 is 0 Å². The predicted octanol–water partition coefficient (Wildman–Crippen LogP) is 3.69. The number of carbonyl (C=O) groups is 1. The van der Waals surface area contributed by atoms with Crippen molar-refractivity contribution in [2.24, 2.45) is 0 Å². The van der Waals surface area contributed by atoms with E-state index in [0.717, 1.165) is 29.0 Å². The molecule has 2 aromatic rings. The van der Waals surface area contributed by atoms with Gasteiger partial charge in [0.05, 0.1) is 12.2 Å². The maximum atomic E-state index is 12.9. The van der Waals surface area contributed by atoms with Crippen molar-refractivity contribution < 1.29 is 14.3 Å². The number of nitrogens with one attached hydrogen (secondary N) is 1. The summed E-state index contributed by atoms with van der Waals surface area (Å²) in [5.41, 5.74) is 2.65. The van der Waals surface area contributed by atoms with Crippen molar-refractivity contribution in [1.29, 1.82) is 0 Å². The zero-order valence-electron chi connectivity index (χ0n) is 14.7. The Morgan fingerprint density at radius 2 is 1.84 bits per heavy atom. The zero-order valence-corrected chi connectivity index (χ0v) is 14.7. The van der Waals surface area contributed by atoms with E-state index in [1.165, 1.54) is 0 Å². The molecule has 5 heteroatoms. The Morgan fingerprint density at radius 3 is 2.56 bits per heavy atom. The van der Waals surface area contributed by atoms with Crippen LogP contribution in [-0.2, 0) is 4.74 Å². The average Bonchev–Trinajstić information content (AvgIpc) is 2.65. The molecule has 0 saturated carbocycles. The number of ether oxygens (including phenoxy) is 2. The molecular weight excluding hydrogens is 316 g/mol. The Hall–Kier alpha value is -2.53. The minimum Gasteiger partial charge on any atom is -0.491 e. The van der Waals surface area contributed by atoms with Gasteiger partial charge in [-0.15, -0.1) is 0 Å². The van der Waals surface area contributed by atoms with Gasteiger partial charge in [0, 0.05) is 19.3 Å². The summed E-state index contributed by atoms with van der Waals surface area (Å²) >= 11 is 0. The monoisotopic (exact) mass is 340 g/mol. The molecule has 0 fully saturated rings. The second-order valence-electron chi connectivity index (χ2n) is 6.00. The number of hydrogen-bond donors (Lipinski definition) is 1. The third-order valence-electron chi connectivity index (χ3n) is 4.24. The van der Waals surface area contributed by atoms with Crippen molar-refractivity contribution in [2.75, 3.05) is 32.2 Å². The minimum absolute atomic E-state index is 0.0709. The van der Waals surface area contributed by atoms with Crippen LogP contribution >= 0.6 is 0 Å². The minimum atomic E-state index is -0.171. The number of carbonyl (C=O) groups excluding carboxylic acids is 1. The lowest BCUT2D eigenvalue weighted by atomic mass is 10.0. The lowest BCUT2D eigenvalue weighted by Gasteiger charge is -2.38. The first kappa shape index (κ1) is 17.3. The molecule has 0 saturated heterocycles. The van der Waals surface area contributed by atoms with Gasteiger partial charge in [0.15, 0.2) is 0 Å². The molecule has 0 spiro atoms. The number of amides is 1. The molecule has 1 atom stereocenters. The number of anilines is 1. The Morgan fingerprint density at radius 1 is 1.08 bits per heavy atom. The van der Waals surface area contributed by atoms with Gasteiger partial charge >= 0.3 is 0 Å². The van der Waals surface area contributed by atoms with Crippen LogP contribution in [0.25, 0.3) is 0 Å². The van der Waals surface area contributed by atoms with Crippen molar-refractivity contribution in [3.63, 3.8) is 0 Å². The molecule has 0 radical (unpaired) electrons. The zero-order chi connectivity index (χ0) is 17.6. The first-order valence-electron chi connectivity index (χ1n) is 8.63. The van der Waals surface area contributed by atoms with Gasteiger partial charge in [-0.1, -0.05) is 31.2 Å². The van der Waals surface area contributed by atoms with Crippen LogP contribution in [0.15, 0.2) is 48.5 Å². The highest BCUT2D eigenvalue weighted by molar-refractivity contribution is 6.01. The molecule has 25 heavy (non-hydrogen) atoms. The highest BCUT2D eigenvalue weighted by atomic mass is 16.5. The molecule has 1 unspecified atom stereocenters. The number of benzene rings is 2. The van der Waals surface area contributed by atoms with Crippen molar-refractivity contribution >= 4 is 11.6 Å². The Bertz CT molecular complexity index is 715. The number of rotatable bonds is 7. The first-order chi connectivity index (χ1) is 12.2. The summed E-state index contributed by atoms with van der Waals surface area (Å²) in [6, 6.07) is 15.5. The third-order valence-corrected chi connectivity index (χ3v) is 4.24. The van der Waals surface area contributed by atoms with Crippen molar-refractivity contribution in [2.45, 2.75) is 19.5 Å². The lowest BCUT2D eigenvalue weighted by molar-refractivity contribution is 0.0683. The van der Waals surface area contributed by atoms with Crippen LogP contribution in [-0.4, -0.2) is 37.7 Å². The maximum Gasteiger partial charge on any atom is 0.257 e. The van der Waals surface area contributed by atoms with E-state index in [2.05, 4.69) is 12.2 Å². The average molecular weight is 340 g/mol. The number of methoxy groups -OCH3 is 1. The molecule has 0 bridgehead atoms. The van der Waals surface area contributed by atoms with Crippen LogP contribution in [0, 0.1) is 0 Å². The fraction of sp³-hybridized carbons (Fsp3) is 0.350. The van der Waals surface area contributed by atoms with E-state index in [1.54, 1.807) is 7.11 Å². The molecule has 132 valence electrons. The largest absolute Gasteiger partial charge is 0.491 e. The number of nitrogens with zero attached hydrogens (tertiary/aromatic N) is 1. The molecule has 5 nitrogen and oxygen atoms in total. The topological polar surface area (TPSA) is 50.8 Å². The van der Waals surface area contributed by atoms with Gasteiger partial charge in [0.25, 0.3) is 5.91 Å².